The van der Waals surface area contributed by atoms with Crippen LogP contribution in [0.4, 0.5) is 0 Å². The molecule has 0 aliphatic rings. The molecule has 0 saturated carbocycles. The van der Waals surface area contributed by atoms with Crippen molar-refractivity contribution in [2.75, 3.05) is 20.7 Å². The highest BCUT2D eigenvalue weighted by Crippen LogP contribution is 2.34. The van der Waals surface area contributed by atoms with E-state index in [-0.39, 0.29) is 5.91 Å². The molecule has 0 aliphatic carbocycles. The van der Waals surface area contributed by atoms with Crippen LogP contribution in [0.5, 0.6) is 5.75 Å². The third-order valence-electron chi connectivity index (χ3n) is 4.80. The Morgan fingerprint density at radius 1 is 1.26 bits per heavy atom. The predicted molar refractivity (Wildman–Crippen MR) is 106 cm³/mol. The molecule has 4 rings (SSSR count). The van der Waals surface area contributed by atoms with Crippen LogP contribution in [0.2, 0.25) is 0 Å². The maximum Gasteiger partial charge on any atom is 0.255 e. The minimum absolute atomic E-state index is 0.0423. The smallest absolute Gasteiger partial charge is 0.255 e. The van der Waals surface area contributed by atoms with Gasteiger partial charge >= 0.3 is 0 Å². The SMILES string of the molecule is CCN(C)C(=O)c1cnc2[nH]cc(-c3cc(OC)c4ncccc4c3)c2c1. The minimum atomic E-state index is -0.0423. The lowest BCUT2D eigenvalue weighted by molar-refractivity contribution is 0.0802. The van der Waals surface area contributed by atoms with E-state index in [1.807, 2.05) is 37.4 Å². The standard InChI is InChI=1S/C21H20N4O2/c1-4-25(2)21(26)15-9-16-17(12-24-20(16)23-11-15)14-8-13-6-5-7-22-19(13)18(10-14)27-3/h5-12H,4H2,1-3H3,(H,23,24). The van der Waals surface area contributed by atoms with Gasteiger partial charge in [0.05, 0.1) is 12.7 Å². The highest BCUT2D eigenvalue weighted by Gasteiger charge is 2.15. The average molecular weight is 360 g/mol. The Hall–Kier alpha value is -3.41. The number of nitrogens with one attached hydrogen (secondary N) is 1. The number of carbonyl (C=O) groups is 1. The maximum atomic E-state index is 12.5. The van der Waals surface area contributed by atoms with Crippen molar-refractivity contribution in [1.82, 2.24) is 19.9 Å². The Kier molecular flexibility index (Phi) is 4.24. The quantitative estimate of drug-likeness (QED) is 0.599. The van der Waals surface area contributed by atoms with Crippen molar-refractivity contribution in [2.45, 2.75) is 6.92 Å². The molecule has 136 valence electrons. The van der Waals surface area contributed by atoms with Gasteiger partial charge in [-0.15, -0.1) is 0 Å². The van der Waals surface area contributed by atoms with E-state index in [0.717, 1.165) is 33.1 Å². The zero-order valence-corrected chi connectivity index (χ0v) is 15.5. The molecule has 6 heteroatoms. The maximum absolute atomic E-state index is 12.5. The van der Waals surface area contributed by atoms with E-state index < -0.39 is 0 Å². The van der Waals surface area contributed by atoms with Gasteiger partial charge in [0, 0.05) is 48.5 Å². The summed E-state index contributed by atoms with van der Waals surface area (Å²) in [4.78, 5) is 26.2. The number of fused-ring (bicyclic) bond motifs is 2. The number of methoxy groups -OCH3 is 1. The van der Waals surface area contributed by atoms with E-state index in [2.05, 4.69) is 21.0 Å². The monoisotopic (exact) mass is 360 g/mol. The lowest BCUT2D eigenvalue weighted by Crippen LogP contribution is -2.26. The third-order valence-corrected chi connectivity index (χ3v) is 4.80. The number of aromatic nitrogens is 3. The minimum Gasteiger partial charge on any atom is -0.494 e. The molecule has 6 nitrogen and oxygen atoms in total. The summed E-state index contributed by atoms with van der Waals surface area (Å²) in [6.45, 7) is 2.59. The Bertz CT molecular complexity index is 1150. The number of nitrogens with zero attached hydrogens (tertiary/aromatic N) is 3. The van der Waals surface area contributed by atoms with Gasteiger partial charge in [0.15, 0.2) is 0 Å². The van der Waals surface area contributed by atoms with Crippen molar-refractivity contribution in [2.24, 2.45) is 0 Å². The molecule has 27 heavy (non-hydrogen) atoms. The van der Waals surface area contributed by atoms with Crippen LogP contribution >= 0.6 is 0 Å². The number of hydrogen-bond acceptors (Lipinski definition) is 4. The summed E-state index contributed by atoms with van der Waals surface area (Å²) in [5.41, 5.74) is 4.08. The Balaban J connectivity index is 1.89. The first-order valence-electron chi connectivity index (χ1n) is 8.78. The van der Waals surface area contributed by atoms with E-state index in [4.69, 9.17) is 4.74 Å². The van der Waals surface area contributed by atoms with E-state index in [1.54, 1.807) is 31.5 Å². The summed E-state index contributed by atoms with van der Waals surface area (Å²) in [6.07, 6.45) is 5.27. The first-order chi connectivity index (χ1) is 13.1. The highest BCUT2D eigenvalue weighted by molar-refractivity contribution is 6.02. The number of hydrogen-bond donors (Lipinski definition) is 1. The summed E-state index contributed by atoms with van der Waals surface area (Å²) in [7, 11) is 3.42. The summed E-state index contributed by atoms with van der Waals surface area (Å²) in [6, 6.07) is 9.83. The van der Waals surface area contributed by atoms with Crippen molar-refractivity contribution in [3.8, 4) is 16.9 Å². The number of rotatable bonds is 4. The van der Waals surface area contributed by atoms with Gasteiger partial charge in [-0.05, 0) is 36.8 Å². The fraction of sp³-hybridized carbons (Fsp3) is 0.190. The number of pyridine rings is 2. The second-order valence-corrected chi connectivity index (χ2v) is 6.40. The molecular formula is C21H20N4O2. The van der Waals surface area contributed by atoms with Gasteiger partial charge in [0.1, 0.15) is 16.9 Å². The molecule has 0 radical (unpaired) electrons. The molecule has 0 unspecified atom stereocenters. The molecule has 0 saturated heterocycles. The molecule has 0 atom stereocenters. The van der Waals surface area contributed by atoms with Crippen molar-refractivity contribution in [1.29, 1.82) is 0 Å². The second kappa shape index (κ2) is 6.72. The van der Waals surface area contributed by atoms with Crippen LogP contribution in [-0.4, -0.2) is 46.5 Å². The molecule has 0 fully saturated rings. The first kappa shape index (κ1) is 17.0. The number of ether oxygens (including phenoxy) is 1. The summed E-state index contributed by atoms with van der Waals surface area (Å²) >= 11 is 0. The summed E-state index contributed by atoms with van der Waals surface area (Å²) < 4.78 is 5.54. The van der Waals surface area contributed by atoms with Crippen LogP contribution in [0.15, 0.2) is 48.9 Å². The van der Waals surface area contributed by atoms with Crippen LogP contribution in [0.25, 0.3) is 33.1 Å². The van der Waals surface area contributed by atoms with Crippen LogP contribution in [0.1, 0.15) is 17.3 Å². The summed E-state index contributed by atoms with van der Waals surface area (Å²) in [5.74, 6) is 0.669. The van der Waals surface area contributed by atoms with Crippen molar-refractivity contribution < 1.29 is 9.53 Å². The van der Waals surface area contributed by atoms with Gasteiger partial charge < -0.3 is 14.6 Å². The number of benzene rings is 1. The second-order valence-electron chi connectivity index (χ2n) is 6.40. The number of amides is 1. The zero-order chi connectivity index (χ0) is 19.0. The molecular weight excluding hydrogens is 340 g/mol. The molecule has 0 bridgehead atoms. The fourth-order valence-corrected chi connectivity index (χ4v) is 3.19. The normalized spacial score (nSPS) is 11.1. The number of carbonyl (C=O) groups excluding carboxylic acids is 1. The summed E-state index contributed by atoms with van der Waals surface area (Å²) in [5, 5.41) is 1.89. The van der Waals surface area contributed by atoms with Crippen molar-refractivity contribution in [3.63, 3.8) is 0 Å². The van der Waals surface area contributed by atoms with E-state index in [9.17, 15) is 4.79 Å². The molecule has 0 spiro atoms. The van der Waals surface area contributed by atoms with Gasteiger partial charge in [-0.2, -0.15) is 0 Å². The first-order valence-corrected chi connectivity index (χ1v) is 8.78. The Morgan fingerprint density at radius 3 is 2.89 bits per heavy atom. The van der Waals surface area contributed by atoms with Gasteiger partial charge in [-0.1, -0.05) is 6.07 Å². The molecule has 4 aromatic rings. The number of aromatic amines is 1. The van der Waals surface area contributed by atoms with Crippen molar-refractivity contribution >= 4 is 27.8 Å². The average Bonchev–Trinajstić information content (AvgIpc) is 3.14. The van der Waals surface area contributed by atoms with Gasteiger partial charge in [-0.25, -0.2) is 4.98 Å². The van der Waals surface area contributed by atoms with E-state index in [1.165, 1.54) is 0 Å². The molecule has 1 N–H and O–H groups in total. The largest absolute Gasteiger partial charge is 0.494 e. The predicted octanol–water partition coefficient (Wildman–Crippen LogP) is 3.88. The van der Waals surface area contributed by atoms with Crippen LogP contribution in [0.3, 0.4) is 0 Å². The molecule has 1 aromatic carbocycles. The number of H-pyrrole nitrogens is 1. The van der Waals surface area contributed by atoms with Crippen LogP contribution in [-0.2, 0) is 0 Å². The zero-order valence-electron chi connectivity index (χ0n) is 15.5. The molecule has 3 heterocycles. The Labute approximate surface area is 156 Å². The lowest BCUT2D eigenvalue weighted by Gasteiger charge is -2.14. The molecule has 1 amide bonds. The molecule has 0 aliphatic heterocycles. The van der Waals surface area contributed by atoms with Gasteiger partial charge in [-0.3, -0.25) is 9.78 Å². The van der Waals surface area contributed by atoms with Gasteiger partial charge in [0.2, 0.25) is 0 Å². The van der Waals surface area contributed by atoms with Gasteiger partial charge in [0.25, 0.3) is 5.91 Å². The topological polar surface area (TPSA) is 71.1 Å². The van der Waals surface area contributed by atoms with E-state index >= 15 is 0 Å². The lowest BCUT2D eigenvalue weighted by atomic mass is 10.0. The van der Waals surface area contributed by atoms with Crippen LogP contribution < -0.4 is 4.74 Å². The van der Waals surface area contributed by atoms with E-state index in [0.29, 0.717) is 17.9 Å². The third kappa shape index (κ3) is 2.89. The van der Waals surface area contributed by atoms with Crippen LogP contribution in [0, 0.1) is 0 Å². The Morgan fingerprint density at radius 2 is 2.11 bits per heavy atom. The van der Waals surface area contributed by atoms with Crippen molar-refractivity contribution in [3.05, 3.63) is 54.5 Å². The fourth-order valence-electron chi connectivity index (χ4n) is 3.19. The molecule has 3 aromatic heterocycles. The highest BCUT2D eigenvalue weighted by atomic mass is 16.5.